The van der Waals surface area contributed by atoms with Crippen molar-refractivity contribution in [3.8, 4) is 0 Å². The zero-order valence-corrected chi connectivity index (χ0v) is 13.8. The van der Waals surface area contributed by atoms with Gasteiger partial charge in [0.1, 0.15) is 17.2 Å². The Morgan fingerprint density at radius 2 is 1.75 bits per heavy atom. The second kappa shape index (κ2) is 7.59. The lowest BCUT2D eigenvalue weighted by molar-refractivity contribution is -0.123. The first kappa shape index (κ1) is 18.2. The number of halogens is 4. The lowest BCUT2D eigenvalue weighted by Crippen LogP contribution is -2.30. The van der Waals surface area contributed by atoms with E-state index in [2.05, 4.69) is 5.32 Å². The predicted molar refractivity (Wildman–Crippen MR) is 86.3 cm³/mol. The summed E-state index contributed by atoms with van der Waals surface area (Å²) >= 11 is 11.7. The Bertz CT molecular complexity index is 779. The molecule has 126 valence electrons. The smallest absolute Gasteiger partial charge is 0.344 e. The van der Waals surface area contributed by atoms with Gasteiger partial charge in [0.25, 0.3) is 5.91 Å². The maximum absolute atomic E-state index is 13.5. The second-order valence-corrected chi connectivity index (χ2v) is 5.60. The SMILES string of the molecule is CC(OC(=O)c1c(F)cccc1F)C(=O)Nc1ccc(Cl)cc1Cl. The molecule has 0 radical (unpaired) electrons. The van der Waals surface area contributed by atoms with Crippen LogP contribution in [0.4, 0.5) is 14.5 Å². The molecule has 8 heteroatoms. The topological polar surface area (TPSA) is 55.4 Å². The van der Waals surface area contributed by atoms with Gasteiger partial charge in [0.2, 0.25) is 0 Å². The molecule has 2 aromatic rings. The van der Waals surface area contributed by atoms with E-state index in [1.807, 2.05) is 0 Å². The first-order chi connectivity index (χ1) is 11.3. The summed E-state index contributed by atoms with van der Waals surface area (Å²) in [6.45, 7) is 1.26. The van der Waals surface area contributed by atoms with Crippen LogP contribution in [0, 0.1) is 11.6 Å². The normalized spacial score (nSPS) is 11.7. The molecular formula is C16H11Cl2F2NO3. The Labute approximate surface area is 146 Å². The molecule has 1 amide bonds. The molecule has 0 heterocycles. The number of benzene rings is 2. The lowest BCUT2D eigenvalue weighted by atomic mass is 10.2. The summed E-state index contributed by atoms with van der Waals surface area (Å²) in [7, 11) is 0. The van der Waals surface area contributed by atoms with Gasteiger partial charge in [-0.3, -0.25) is 4.79 Å². The molecule has 2 aromatic carbocycles. The number of nitrogens with one attached hydrogen (secondary N) is 1. The van der Waals surface area contributed by atoms with Gasteiger partial charge >= 0.3 is 5.97 Å². The van der Waals surface area contributed by atoms with E-state index in [1.54, 1.807) is 0 Å². The van der Waals surface area contributed by atoms with Crippen molar-refractivity contribution in [1.82, 2.24) is 0 Å². The number of ether oxygens (including phenoxy) is 1. The molecule has 4 nitrogen and oxygen atoms in total. The molecule has 0 aliphatic heterocycles. The summed E-state index contributed by atoms with van der Waals surface area (Å²) in [5.74, 6) is -4.15. The van der Waals surface area contributed by atoms with Crippen LogP contribution in [0.3, 0.4) is 0 Å². The van der Waals surface area contributed by atoms with Crippen LogP contribution in [0.15, 0.2) is 36.4 Å². The molecule has 0 fully saturated rings. The zero-order valence-electron chi connectivity index (χ0n) is 12.3. The molecule has 1 N–H and O–H groups in total. The Morgan fingerprint density at radius 1 is 1.12 bits per heavy atom. The summed E-state index contributed by atoms with van der Waals surface area (Å²) in [5.41, 5.74) is -0.604. The third-order valence-electron chi connectivity index (χ3n) is 3.01. The highest BCUT2D eigenvalue weighted by atomic mass is 35.5. The van der Waals surface area contributed by atoms with E-state index in [-0.39, 0.29) is 10.7 Å². The minimum Gasteiger partial charge on any atom is -0.449 e. The van der Waals surface area contributed by atoms with Gasteiger partial charge in [-0.25, -0.2) is 13.6 Å². The molecule has 1 atom stereocenters. The number of hydrogen-bond donors (Lipinski definition) is 1. The Kier molecular flexibility index (Phi) is 5.75. The highest BCUT2D eigenvalue weighted by Gasteiger charge is 2.24. The van der Waals surface area contributed by atoms with Crippen molar-refractivity contribution in [3.63, 3.8) is 0 Å². The van der Waals surface area contributed by atoms with Crippen molar-refractivity contribution in [3.05, 3.63) is 63.6 Å². The van der Waals surface area contributed by atoms with Crippen LogP contribution < -0.4 is 5.32 Å². The largest absolute Gasteiger partial charge is 0.449 e. The maximum atomic E-state index is 13.5. The van der Waals surface area contributed by atoms with Crippen LogP contribution in [0.2, 0.25) is 10.0 Å². The molecule has 24 heavy (non-hydrogen) atoms. The van der Waals surface area contributed by atoms with Crippen molar-refractivity contribution in [2.75, 3.05) is 5.32 Å². The minimum atomic E-state index is -1.30. The second-order valence-electron chi connectivity index (χ2n) is 4.76. The molecule has 1 unspecified atom stereocenters. The van der Waals surface area contributed by atoms with Crippen molar-refractivity contribution in [1.29, 1.82) is 0 Å². The van der Waals surface area contributed by atoms with Crippen molar-refractivity contribution in [2.45, 2.75) is 13.0 Å². The number of hydrogen-bond acceptors (Lipinski definition) is 3. The van der Waals surface area contributed by atoms with E-state index in [0.29, 0.717) is 5.02 Å². The monoisotopic (exact) mass is 373 g/mol. The van der Waals surface area contributed by atoms with Crippen LogP contribution in [0.25, 0.3) is 0 Å². The number of esters is 1. The minimum absolute atomic E-state index is 0.189. The molecule has 0 saturated carbocycles. The summed E-state index contributed by atoms with van der Waals surface area (Å²) in [4.78, 5) is 23.9. The van der Waals surface area contributed by atoms with Crippen LogP contribution in [-0.2, 0) is 9.53 Å². The van der Waals surface area contributed by atoms with Gasteiger partial charge in [0.05, 0.1) is 10.7 Å². The molecule has 0 saturated heterocycles. The van der Waals surface area contributed by atoms with Gasteiger partial charge in [0, 0.05) is 5.02 Å². The number of carbonyl (C=O) groups is 2. The Morgan fingerprint density at radius 3 is 2.33 bits per heavy atom. The van der Waals surface area contributed by atoms with Gasteiger partial charge in [-0.2, -0.15) is 0 Å². The fourth-order valence-electron chi connectivity index (χ4n) is 1.79. The van der Waals surface area contributed by atoms with Gasteiger partial charge in [-0.15, -0.1) is 0 Å². The van der Waals surface area contributed by atoms with Gasteiger partial charge in [-0.1, -0.05) is 29.3 Å². The fraction of sp³-hybridized carbons (Fsp3) is 0.125. The first-order valence-electron chi connectivity index (χ1n) is 6.70. The number of rotatable bonds is 4. The summed E-state index contributed by atoms with van der Waals surface area (Å²) in [5, 5.41) is 3.00. The van der Waals surface area contributed by atoms with Crippen LogP contribution in [0.5, 0.6) is 0 Å². The van der Waals surface area contributed by atoms with Crippen molar-refractivity contribution < 1.29 is 23.1 Å². The number of carbonyl (C=O) groups excluding carboxylic acids is 2. The van der Waals surface area contributed by atoms with E-state index < -0.39 is 35.2 Å². The molecule has 0 aromatic heterocycles. The predicted octanol–water partition coefficient (Wildman–Crippen LogP) is 4.46. The van der Waals surface area contributed by atoms with Crippen LogP contribution in [0.1, 0.15) is 17.3 Å². The van der Waals surface area contributed by atoms with Gasteiger partial charge in [-0.05, 0) is 37.3 Å². The molecule has 0 bridgehead atoms. The summed E-state index contributed by atoms with van der Waals surface area (Å²) < 4.78 is 31.8. The van der Waals surface area contributed by atoms with E-state index in [4.69, 9.17) is 27.9 Å². The van der Waals surface area contributed by atoms with E-state index in [1.165, 1.54) is 25.1 Å². The van der Waals surface area contributed by atoms with Crippen LogP contribution in [-0.4, -0.2) is 18.0 Å². The van der Waals surface area contributed by atoms with Crippen molar-refractivity contribution in [2.24, 2.45) is 0 Å². The third kappa shape index (κ3) is 4.21. The molecule has 2 rings (SSSR count). The number of anilines is 1. The summed E-state index contributed by atoms with van der Waals surface area (Å²) in [6.07, 6.45) is -1.30. The average molecular weight is 374 g/mol. The number of amides is 1. The highest BCUT2D eigenvalue weighted by molar-refractivity contribution is 6.36. The Hall–Kier alpha value is -2.18. The van der Waals surface area contributed by atoms with E-state index >= 15 is 0 Å². The van der Waals surface area contributed by atoms with Gasteiger partial charge in [0.15, 0.2) is 6.10 Å². The van der Waals surface area contributed by atoms with Crippen LogP contribution >= 0.6 is 23.2 Å². The Balaban J connectivity index is 2.07. The molecular weight excluding hydrogens is 363 g/mol. The van der Waals surface area contributed by atoms with Gasteiger partial charge < -0.3 is 10.1 Å². The van der Waals surface area contributed by atoms with E-state index in [0.717, 1.165) is 18.2 Å². The standard InChI is InChI=1S/C16H11Cl2F2NO3/c1-8(15(22)21-13-6-5-9(17)7-10(13)18)24-16(23)14-11(19)3-2-4-12(14)20/h2-8H,1H3,(H,21,22). The zero-order chi connectivity index (χ0) is 17.9. The highest BCUT2D eigenvalue weighted by Crippen LogP contribution is 2.25. The molecule has 0 aliphatic carbocycles. The fourth-order valence-corrected chi connectivity index (χ4v) is 2.25. The average Bonchev–Trinajstić information content (AvgIpc) is 2.49. The maximum Gasteiger partial charge on any atom is 0.344 e. The van der Waals surface area contributed by atoms with E-state index in [9.17, 15) is 18.4 Å². The third-order valence-corrected chi connectivity index (χ3v) is 3.56. The quantitative estimate of drug-likeness (QED) is 0.805. The first-order valence-corrected chi connectivity index (χ1v) is 7.46. The molecule has 0 aliphatic rings. The lowest BCUT2D eigenvalue weighted by Gasteiger charge is -2.14. The molecule has 0 spiro atoms. The summed E-state index contributed by atoms with van der Waals surface area (Å²) in [6, 6.07) is 7.34. The van der Waals surface area contributed by atoms with Crippen molar-refractivity contribution >= 4 is 40.8 Å².